The molecule has 1 atom stereocenters. The Hall–Kier alpha value is -2.01. The van der Waals surface area contributed by atoms with Crippen molar-refractivity contribution < 1.29 is 9.18 Å². The Morgan fingerprint density at radius 3 is 2.90 bits per heavy atom. The van der Waals surface area contributed by atoms with Crippen LogP contribution in [0.15, 0.2) is 30.7 Å². The molecule has 2 N–H and O–H groups in total. The zero-order chi connectivity index (χ0) is 14.4. The van der Waals surface area contributed by atoms with Crippen LogP contribution in [0, 0.1) is 5.82 Å². The third kappa shape index (κ3) is 1.94. The van der Waals surface area contributed by atoms with Crippen molar-refractivity contribution in [3.63, 3.8) is 0 Å². The van der Waals surface area contributed by atoms with Gasteiger partial charge in [0.1, 0.15) is 17.7 Å². The van der Waals surface area contributed by atoms with Crippen molar-refractivity contribution in [2.24, 2.45) is 0 Å². The molecule has 3 rings (SSSR count). The number of rotatable bonds is 2. The quantitative estimate of drug-likeness (QED) is 0.893. The highest BCUT2D eigenvalue weighted by Gasteiger charge is 2.32. The summed E-state index contributed by atoms with van der Waals surface area (Å²) in [6.45, 7) is 3.76. The molecule has 4 nitrogen and oxygen atoms in total. The summed E-state index contributed by atoms with van der Waals surface area (Å²) in [5.41, 5.74) is 1.52. The number of amides is 1. The van der Waals surface area contributed by atoms with Gasteiger partial charge in [-0.1, -0.05) is 18.2 Å². The van der Waals surface area contributed by atoms with E-state index in [4.69, 9.17) is 11.6 Å². The number of fused-ring (bicyclic) bond motifs is 1. The minimum absolute atomic E-state index is 0.0492. The molecule has 2 heterocycles. The Labute approximate surface area is 120 Å². The SMILES string of the molecule is C=C1N[C@H](Cc2c[nH]c3c(Cl)cc(F)cc23)C(=O)N1C. The highest BCUT2D eigenvalue weighted by molar-refractivity contribution is 6.35. The van der Waals surface area contributed by atoms with Gasteiger partial charge in [0.25, 0.3) is 5.91 Å². The molecular formula is C14H13ClFN3O. The summed E-state index contributed by atoms with van der Waals surface area (Å²) in [5, 5.41) is 4.06. The lowest BCUT2D eigenvalue weighted by molar-refractivity contribution is -0.127. The zero-order valence-corrected chi connectivity index (χ0v) is 11.6. The summed E-state index contributed by atoms with van der Waals surface area (Å²) in [6.07, 6.45) is 2.20. The lowest BCUT2D eigenvalue weighted by Gasteiger charge is -2.08. The number of halogens is 2. The molecule has 0 unspecified atom stereocenters. The zero-order valence-electron chi connectivity index (χ0n) is 10.8. The summed E-state index contributed by atoms with van der Waals surface area (Å²) in [7, 11) is 1.67. The normalized spacial score (nSPS) is 18.9. The Balaban J connectivity index is 1.96. The smallest absolute Gasteiger partial charge is 0.250 e. The first-order valence-electron chi connectivity index (χ1n) is 6.15. The van der Waals surface area contributed by atoms with Crippen LogP contribution in [-0.2, 0) is 11.2 Å². The van der Waals surface area contributed by atoms with Gasteiger partial charge in [-0.15, -0.1) is 0 Å². The molecule has 1 saturated heterocycles. The van der Waals surface area contributed by atoms with Crippen molar-refractivity contribution in [2.75, 3.05) is 7.05 Å². The van der Waals surface area contributed by atoms with Crippen LogP contribution in [0.4, 0.5) is 4.39 Å². The Morgan fingerprint density at radius 1 is 1.50 bits per heavy atom. The summed E-state index contributed by atoms with van der Waals surface area (Å²) >= 11 is 5.99. The summed E-state index contributed by atoms with van der Waals surface area (Å²) < 4.78 is 13.5. The highest BCUT2D eigenvalue weighted by Crippen LogP contribution is 2.28. The van der Waals surface area contributed by atoms with Gasteiger partial charge in [0.2, 0.25) is 0 Å². The molecule has 1 aromatic heterocycles. The largest absolute Gasteiger partial charge is 0.360 e. The third-order valence-corrected chi connectivity index (χ3v) is 3.89. The first-order chi connectivity index (χ1) is 9.47. The van der Waals surface area contributed by atoms with Gasteiger partial charge in [0, 0.05) is 25.1 Å². The van der Waals surface area contributed by atoms with E-state index in [1.54, 1.807) is 13.2 Å². The van der Waals surface area contributed by atoms with Gasteiger partial charge in [-0.25, -0.2) is 4.39 Å². The van der Waals surface area contributed by atoms with Crippen LogP contribution in [0.25, 0.3) is 10.9 Å². The molecule has 104 valence electrons. The van der Waals surface area contributed by atoms with Crippen LogP contribution in [0.1, 0.15) is 5.56 Å². The number of carbonyl (C=O) groups is 1. The van der Waals surface area contributed by atoms with Crippen LogP contribution in [0.2, 0.25) is 5.02 Å². The Bertz CT molecular complexity index is 725. The van der Waals surface area contributed by atoms with Crippen LogP contribution in [0.3, 0.4) is 0 Å². The van der Waals surface area contributed by atoms with Gasteiger partial charge >= 0.3 is 0 Å². The highest BCUT2D eigenvalue weighted by atomic mass is 35.5. The Morgan fingerprint density at radius 2 is 2.25 bits per heavy atom. The second-order valence-corrected chi connectivity index (χ2v) is 5.28. The van der Waals surface area contributed by atoms with Crippen LogP contribution >= 0.6 is 11.6 Å². The maximum Gasteiger partial charge on any atom is 0.250 e. The lowest BCUT2D eigenvalue weighted by Crippen LogP contribution is -2.30. The van der Waals surface area contributed by atoms with Crippen molar-refractivity contribution in [3.05, 3.63) is 47.1 Å². The number of aromatic amines is 1. The molecule has 0 bridgehead atoms. The number of hydrogen-bond donors (Lipinski definition) is 2. The minimum atomic E-state index is -0.393. The predicted molar refractivity (Wildman–Crippen MR) is 75.8 cm³/mol. The Kier molecular flexibility index (Phi) is 2.94. The average molecular weight is 294 g/mol. The molecule has 1 aliphatic rings. The average Bonchev–Trinajstić information content (AvgIpc) is 2.88. The first-order valence-corrected chi connectivity index (χ1v) is 6.53. The van der Waals surface area contributed by atoms with Gasteiger partial charge in [-0.2, -0.15) is 0 Å². The topological polar surface area (TPSA) is 48.1 Å². The van der Waals surface area contributed by atoms with Gasteiger partial charge in [-0.3, -0.25) is 4.79 Å². The maximum absolute atomic E-state index is 13.5. The number of hydrogen-bond acceptors (Lipinski definition) is 2. The number of nitrogens with one attached hydrogen (secondary N) is 2. The van der Waals surface area contributed by atoms with Crippen molar-refractivity contribution >= 4 is 28.4 Å². The van der Waals surface area contributed by atoms with Crippen LogP contribution in [0.5, 0.6) is 0 Å². The van der Waals surface area contributed by atoms with Gasteiger partial charge in [-0.05, 0) is 17.7 Å². The number of aromatic nitrogens is 1. The fourth-order valence-electron chi connectivity index (χ4n) is 2.46. The lowest BCUT2D eigenvalue weighted by atomic mass is 10.0. The van der Waals surface area contributed by atoms with E-state index in [9.17, 15) is 9.18 Å². The fraction of sp³-hybridized carbons (Fsp3) is 0.214. The fourth-order valence-corrected chi connectivity index (χ4v) is 2.72. The number of H-pyrrole nitrogens is 1. The van der Waals surface area contributed by atoms with Crippen molar-refractivity contribution in [2.45, 2.75) is 12.5 Å². The molecule has 0 aliphatic carbocycles. The first kappa shape index (κ1) is 13.0. The number of carbonyl (C=O) groups excluding carboxylic acids is 1. The van der Waals surface area contributed by atoms with E-state index in [2.05, 4.69) is 16.9 Å². The molecule has 1 amide bonds. The van der Waals surface area contributed by atoms with Crippen molar-refractivity contribution in [1.82, 2.24) is 15.2 Å². The van der Waals surface area contributed by atoms with Crippen LogP contribution in [-0.4, -0.2) is 28.9 Å². The van der Waals surface area contributed by atoms with Crippen LogP contribution < -0.4 is 5.32 Å². The van der Waals surface area contributed by atoms with Gasteiger partial charge < -0.3 is 15.2 Å². The number of nitrogens with zero attached hydrogens (tertiary/aromatic N) is 1. The van der Waals surface area contributed by atoms with E-state index >= 15 is 0 Å². The monoisotopic (exact) mass is 293 g/mol. The molecule has 1 fully saturated rings. The van der Waals surface area contributed by atoms with E-state index in [1.165, 1.54) is 17.0 Å². The van der Waals surface area contributed by atoms with Gasteiger partial charge in [0.15, 0.2) is 0 Å². The molecule has 1 aliphatic heterocycles. The van der Waals surface area contributed by atoms with E-state index < -0.39 is 5.82 Å². The summed E-state index contributed by atoms with van der Waals surface area (Å²) in [5.74, 6) is 0.131. The molecule has 2 aromatic rings. The molecule has 6 heteroatoms. The molecular weight excluding hydrogens is 281 g/mol. The maximum atomic E-state index is 13.5. The predicted octanol–water partition coefficient (Wildman–Crippen LogP) is 2.40. The number of likely N-dealkylation sites (N-methyl/N-ethyl adjacent to an activating group) is 1. The second kappa shape index (κ2) is 4.52. The van der Waals surface area contributed by atoms with Crippen molar-refractivity contribution in [1.29, 1.82) is 0 Å². The summed E-state index contributed by atoms with van der Waals surface area (Å²) in [4.78, 5) is 16.5. The second-order valence-electron chi connectivity index (χ2n) is 4.87. The summed E-state index contributed by atoms with van der Waals surface area (Å²) in [6, 6.07) is 2.30. The van der Waals surface area contributed by atoms with E-state index in [0.29, 0.717) is 28.2 Å². The van der Waals surface area contributed by atoms with E-state index in [0.717, 1.165) is 5.56 Å². The minimum Gasteiger partial charge on any atom is -0.360 e. The molecule has 0 spiro atoms. The molecule has 20 heavy (non-hydrogen) atoms. The van der Waals surface area contributed by atoms with E-state index in [-0.39, 0.29) is 11.9 Å². The number of benzene rings is 1. The molecule has 0 radical (unpaired) electrons. The molecule has 1 aromatic carbocycles. The van der Waals surface area contributed by atoms with Gasteiger partial charge in [0.05, 0.1) is 10.5 Å². The third-order valence-electron chi connectivity index (χ3n) is 3.59. The standard InChI is InChI=1S/C14H13ClFN3O/c1-7-18-12(14(20)19(7)2)3-8-6-17-13-10(8)4-9(16)5-11(13)15/h4-6,12,17-18H,1,3H2,2H3/t12-/m1/s1. The molecule has 0 saturated carbocycles. The van der Waals surface area contributed by atoms with E-state index in [1.807, 2.05) is 0 Å². The van der Waals surface area contributed by atoms with Crippen molar-refractivity contribution in [3.8, 4) is 0 Å².